The number of hydrazone groups is 1. The Hall–Kier alpha value is -3.07. The maximum absolute atomic E-state index is 12.3. The molecule has 2 aromatic rings. The average molecular weight is 456 g/mol. The number of hydrogen-bond acceptors (Lipinski definition) is 4. The lowest BCUT2D eigenvalue weighted by Gasteiger charge is -2.09. The first-order valence-electron chi connectivity index (χ1n) is 9.27. The Kier molecular flexibility index (Phi) is 8.44. The van der Waals surface area contributed by atoms with Gasteiger partial charge in [0.15, 0.2) is 0 Å². The van der Waals surface area contributed by atoms with Crippen molar-refractivity contribution in [1.29, 1.82) is 0 Å². The van der Waals surface area contributed by atoms with E-state index in [4.69, 9.17) is 16.3 Å². The van der Waals surface area contributed by atoms with Crippen LogP contribution in [0.1, 0.15) is 30.9 Å². The number of carbonyl (C=O) groups excluding carboxylic acids is 2. The highest BCUT2D eigenvalue weighted by Crippen LogP contribution is 2.22. The van der Waals surface area contributed by atoms with Crippen molar-refractivity contribution < 1.29 is 27.5 Å². The van der Waals surface area contributed by atoms with E-state index in [2.05, 4.69) is 10.5 Å². The minimum atomic E-state index is -4.96. The van der Waals surface area contributed by atoms with Crippen LogP contribution in [0.3, 0.4) is 0 Å². The number of aryl methyl sites for hydroxylation is 1. The molecule has 0 aliphatic carbocycles. The minimum Gasteiger partial charge on any atom is -0.493 e. The summed E-state index contributed by atoms with van der Waals surface area (Å²) in [4.78, 5) is 22.9. The van der Waals surface area contributed by atoms with Crippen LogP contribution in [-0.4, -0.2) is 30.3 Å². The Morgan fingerprint density at radius 1 is 1.13 bits per heavy atom. The van der Waals surface area contributed by atoms with Gasteiger partial charge in [0, 0.05) is 17.1 Å². The molecule has 2 aromatic carbocycles. The van der Waals surface area contributed by atoms with Gasteiger partial charge in [-0.1, -0.05) is 23.7 Å². The van der Waals surface area contributed by atoms with Crippen LogP contribution < -0.4 is 15.5 Å². The summed E-state index contributed by atoms with van der Waals surface area (Å²) in [6, 6.07) is 10.9. The standard InChI is InChI=1S/C21H21ClF3N3O3/c1-13-12-16(22)7-10-18(13)31-11-3-4-19(29)28-27-14(2)15-5-8-17(9-6-15)26-20(30)21(23,24)25/h5-10,12H,3-4,11H2,1-2H3,(H,26,30)(H,28,29). The van der Waals surface area contributed by atoms with Crippen molar-refractivity contribution in [1.82, 2.24) is 5.43 Å². The molecule has 0 aliphatic heterocycles. The molecule has 6 nitrogen and oxygen atoms in total. The molecule has 0 saturated carbocycles. The van der Waals surface area contributed by atoms with Gasteiger partial charge in [0.05, 0.1) is 12.3 Å². The number of amides is 2. The van der Waals surface area contributed by atoms with Crippen LogP contribution in [0.15, 0.2) is 47.6 Å². The Labute approximate surface area is 182 Å². The number of nitrogens with one attached hydrogen (secondary N) is 2. The van der Waals surface area contributed by atoms with E-state index in [1.807, 2.05) is 6.92 Å². The summed E-state index contributed by atoms with van der Waals surface area (Å²) in [5, 5.41) is 6.36. The molecule has 0 unspecified atom stereocenters. The fraction of sp³-hybridized carbons (Fsp3) is 0.286. The quantitative estimate of drug-likeness (QED) is 0.339. The second-order valence-electron chi connectivity index (χ2n) is 6.62. The van der Waals surface area contributed by atoms with Gasteiger partial charge in [0.2, 0.25) is 5.91 Å². The second-order valence-corrected chi connectivity index (χ2v) is 7.06. The van der Waals surface area contributed by atoms with E-state index in [1.54, 1.807) is 30.4 Å². The summed E-state index contributed by atoms with van der Waals surface area (Å²) < 4.78 is 42.4. The molecule has 0 aromatic heterocycles. The Morgan fingerprint density at radius 2 is 1.81 bits per heavy atom. The van der Waals surface area contributed by atoms with Crippen molar-refractivity contribution in [2.24, 2.45) is 5.10 Å². The monoisotopic (exact) mass is 455 g/mol. The summed E-state index contributed by atoms with van der Waals surface area (Å²) in [5.74, 6) is -1.65. The van der Waals surface area contributed by atoms with Crippen LogP contribution in [-0.2, 0) is 9.59 Å². The maximum atomic E-state index is 12.3. The number of anilines is 1. The number of benzene rings is 2. The van der Waals surface area contributed by atoms with Crippen molar-refractivity contribution in [3.63, 3.8) is 0 Å². The van der Waals surface area contributed by atoms with Gasteiger partial charge in [0.25, 0.3) is 0 Å². The topological polar surface area (TPSA) is 79.8 Å². The van der Waals surface area contributed by atoms with Crippen molar-refractivity contribution in [2.45, 2.75) is 32.9 Å². The van der Waals surface area contributed by atoms with E-state index in [0.717, 1.165) is 5.56 Å². The molecule has 0 heterocycles. The molecule has 0 fully saturated rings. The zero-order valence-electron chi connectivity index (χ0n) is 16.8. The van der Waals surface area contributed by atoms with Crippen LogP contribution in [0.2, 0.25) is 5.02 Å². The Morgan fingerprint density at radius 3 is 2.42 bits per heavy atom. The third kappa shape index (κ3) is 7.93. The van der Waals surface area contributed by atoms with Gasteiger partial charge < -0.3 is 10.1 Å². The first-order valence-corrected chi connectivity index (χ1v) is 9.65. The predicted octanol–water partition coefficient (Wildman–Crippen LogP) is 4.85. The Bertz CT molecular complexity index is 961. The van der Waals surface area contributed by atoms with Gasteiger partial charge in [0.1, 0.15) is 5.75 Å². The third-order valence-corrected chi connectivity index (χ3v) is 4.34. The molecule has 2 N–H and O–H groups in total. The summed E-state index contributed by atoms with van der Waals surface area (Å²) in [6.45, 7) is 3.86. The molecule has 0 bridgehead atoms. The Balaban J connectivity index is 1.78. The van der Waals surface area contributed by atoms with Gasteiger partial charge in [-0.05, 0) is 61.7 Å². The number of nitrogens with zero attached hydrogens (tertiary/aromatic N) is 1. The zero-order valence-corrected chi connectivity index (χ0v) is 17.6. The molecule has 31 heavy (non-hydrogen) atoms. The lowest BCUT2D eigenvalue weighted by molar-refractivity contribution is -0.167. The van der Waals surface area contributed by atoms with E-state index < -0.39 is 12.1 Å². The molecule has 166 valence electrons. The van der Waals surface area contributed by atoms with E-state index in [1.165, 1.54) is 24.3 Å². The van der Waals surface area contributed by atoms with Gasteiger partial charge in [-0.15, -0.1) is 0 Å². The molecular formula is C21H21ClF3N3O3. The molecule has 0 spiro atoms. The molecular weight excluding hydrogens is 435 g/mol. The lowest BCUT2D eigenvalue weighted by Crippen LogP contribution is -2.29. The number of hydrogen-bond donors (Lipinski definition) is 2. The number of halogens is 4. The van der Waals surface area contributed by atoms with Crippen LogP contribution in [0, 0.1) is 6.92 Å². The molecule has 0 atom stereocenters. The number of carbonyl (C=O) groups is 2. The zero-order chi connectivity index (χ0) is 23.0. The highest BCUT2D eigenvalue weighted by Gasteiger charge is 2.38. The second kappa shape index (κ2) is 10.8. The highest BCUT2D eigenvalue weighted by atomic mass is 35.5. The van der Waals surface area contributed by atoms with Gasteiger partial charge >= 0.3 is 12.1 Å². The average Bonchev–Trinajstić information content (AvgIpc) is 2.70. The summed E-state index contributed by atoms with van der Waals surface area (Å²) in [6.07, 6.45) is -4.28. The van der Waals surface area contributed by atoms with Crippen molar-refractivity contribution in [3.8, 4) is 5.75 Å². The van der Waals surface area contributed by atoms with E-state index >= 15 is 0 Å². The maximum Gasteiger partial charge on any atom is 0.471 e. The first-order chi connectivity index (χ1) is 14.6. The minimum absolute atomic E-state index is 0.00108. The third-order valence-electron chi connectivity index (χ3n) is 4.11. The van der Waals surface area contributed by atoms with Gasteiger partial charge in [-0.25, -0.2) is 5.43 Å². The van der Waals surface area contributed by atoms with Crippen LogP contribution >= 0.6 is 11.6 Å². The van der Waals surface area contributed by atoms with Crippen molar-refractivity contribution in [2.75, 3.05) is 11.9 Å². The van der Waals surface area contributed by atoms with Crippen LogP contribution in [0.5, 0.6) is 5.75 Å². The summed E-state index contributed by atoms with van der Waals surface area (Å²) in [7, 11) is 0. The summed E-state index contributed by atoms with van der Waals surface area (Å²) >= 11 is 5.89. The normalized spacial score (nSPS) is 11.7. The summed E-state index contributed by atoms with van der Waals surface area (Å²) in [5.41, 5.74) is 4.36. The molecule has 0 saturated heterocycles. The fourth-order valence-electron chi connectivity index (χ4n) is 2.45. The number of ether oxygens (including phenoxy) is 1. The van der Waals surface area contributed by atoms with Gasteiger partial charge in [-0.2, -0.15) is 18.3 Å². The largest absolute Gasteiger partial charge is 0.493 e. The van der Waals surface area contributed by atoms with Crippen LogP contribution in [0.4, 0.5) is 18.9 Å². The van der Waals surface area contributed by atoms with Gasteiger partial charge in [-0.3, -0.25) is 9.59 Å². The smallest absolute Gasteiger partial charge is 0.471 e. The first kappa shape index (κ1) is 24.2. The van der Waals surface area contributed by atoms with Crippen LogP contribution in [0.25, 0.3) is 0 Å². The number of rotatable bonds is 8. The molecule has 2 amide bonds. The van der Waals surface area contributed by atoms with E-state index in [0.29, 0.717) is 35.1 Å². The van der Waals surface area contributed by atoms with E-state index in [-0.39, 0.29) is 18.0 Å². The molecule has 2 rings (SSSR count). The molecule has 10 heteroatoms. The SMILES string of the molecule is CC(=NNC(=O)CCCOc1ccc(Cl)cc1C)c1ccc(NC(=O)C(F)(F)F)cc1. The fourth-order valence-corrected chi connectivity index (χ4v) is 2.68. The van der Waals surface area contributed by atoms with Crippen molar-refractivity contribution in [3.05, 3.63) is 58.6 Å². The predicted molar refractivity (Wildman–Crippen MR) is 112 cm³/mol. The van der Waals surface area contributed by atoms with E-state index in [9.17, 15) is 22.8 Å². The number of alkyl halides is 3. The lowest BCUT2D eigenvalue weighted by atomic mass is 10.1. The van der Waals surface area contributed by atoms with Crippen molar-refractivity contribution >= 4 is 34.8 Å². The highest BCUT2D eigenvalue weighted by molar-refractivity contribution is 6.30. The molecule has 0 radical (unpaired) electrons. The molecule has 0 aliphatic rings.